The summed E-state index contributed by atoms with van der Waals surface area (Å²) in [6.45, 7) is 8.53. The van der Waals surface area contributed by atoms with Crippen molar-refractivity contribution in [1.82, 2.24) is 30.5 Å². The van der Waals surface area contributed by atoms with Gasteiger partial charge in [0.05, 0.1) is 10.7 Å². The number of carbonyl (C=O) groups excluding carboxylic acids is 1. The van der Waals surface area contributed by atoms with Crippen LogP contribution in [0.3, 0.4) is 0 Å². The van der Waals surface area contributed by atoms with Gasteiger partial charge in [0.15, 0.2) is 5.82 Å². The molecule has 10 heteroatoms. The smallest absolute Gasteiger partial charge is 0.257 e. The van der Waals surface area contributed by atoms with Crippen LogP contribution in [0.15, 0.2) is 40.9 Å². The molecule has 0 aliphatic carbocycles. The van der Waals surface area contributed by atoms with Crippen LogP contribution in [0.5, 0.6) is 0 Å². The molecule has 0 bridgehead atoms. The molecule has 0 fully saturated rings. The molecule has 0 radical (unpaired) electrons. The third-order valence-electron chi connectivity index (χ3n) is 5.46. The van der Waals surface area contributed by atoms with Crippen LogP contribution in [-0.2, 0) is 0 Å². The number of hydrogen-bond acceptors (Lipinski definition) is 7. The second-order valence-corrected chi connectivity index (χ2v) is 8.02. The molecule has 0 spiro atoms. The van der Waals surface area contributed by atoms with Crippen LogP contribution in [0.25, 0.3) is 17.1 Å². The number of aromatic nitrogens is 5. The molecule has 0 aliphatic rings. The topological polar surface area (TPSA) is 111 Å². The van der Waals surface area contributed by atoms with E-state index in [-0.39, 0.29) is 5.91 Å². The lowest BCUT2D eigenvalue weighted by atomic mass is 10.1. The van der Waals surface area contributed by atoms with Crippen LogP contribution < -0.4 is 10.6 Å². The van der Waals surface area contributed by atoms with Crippen LogP contribution in [0, 0.1) is 27.7 Å². The first kappa shape index (κ1) is 22.5. The number of rotatable bonds is 7. The summed E-state index contributed by atoms with van der Waals surface area (Å²) in [6.07, 6.45) is 0. The van der Waals surface area contributed by atoms with Gasteiger partial charge < -0.3 is 15.2 Å². The quantitative estimate of drug-likeness (QED) is 0.396. The summed E-state index contributed by atoms with van der Waals surface area (Å²) in [5.41, 5.74) is 4.57. The molecule has 0 atom stereocenters. The van der Waals surface area contributed by atoms with Gasteiger partial charge in [0, 0.05) is 24.3 Å². The Morgan fingerprint density at radius 3 is 2.52 bits per heavy atom. The lowest BCUT2D eigenvalue weighted by Gasteiger charge is -2.09. The first-order chi connectivity index (χ1) is 15.9. The van der Waals surface area contributed by atoms with E-state index in [1.165, 1.54) is 0 Å². The van der Waals surface area contributed by atoms with Crippen molar-refractivity contribution in [3.63, 3.8) is 0 Å². The van der Waals surface area contributed by atoms with Crippen LogP contribution in [0.2, 0.25) is 5.02 Å². The number of halogens is 1. The van der Waals surface area contributed by atoms with Crippen LogP contribution in [0.1, 0.15) is 33.1 Å². The SMILES string of the molecule is Cc1nn(-c2ccc(NCCNC(=O)c3c(-c4ccccc4Cl)noc3C)nn2)c(C)c1C. The summed E-state index contributed by atoms with van der Waals surface area (Å²) < 4.78 is 7.03. The Hall–Kier alpha value is -3.72. The van der Waals surface area contributed by atoms with Gasteiger partial charge in [-0.1, -0.05) is 35.0 Å². The molecule has 4 aromatic rings. The van der Waals surface area contributed by atoms with E-state index in [1.807, 2.05) is 45.0 Å². The fourth-order valence-electron chi connectivity index (χ4n) is 3.41. The maximum absolute atomic E-state index is 12.8. The van der Waals surface area contributed by atoms with E-state index in [0.29, 0.717) is 52.3 Å². The van der Waals surface area contributed by atoms with Gasteiger partial charge in [0.2, 0.25) is 0 Å². The van der Waals surface area contributed by atoms with E-state index in [9.17, 15) is 4.79 Å². The molecule has 0 aliphatic heterocycles. The molecule has 3 heterocycles. The zero-order valence-corrected chi connectivity index (χ0v) is 19.6. The highest BCUT2D eigenvalue weighted by Crippen LogP contribution is 2.30. The van der Waals surface area contributed by atoms with E-state index in [0.717, 1.165) is 17.0 Å². The minimum absolute atomic E-state index is 0.285. The van der Waals surface area contributed by atoms with Gasteiger partial charge in [-0.15, -0.1) is 10.2 Å². The number of anilines is 1. The maximum atomic E-state index is 12.8. The Morgan fingerprint density at radius 2 is 1.85 bits per heavy atom. The Kier molecular flexibility index (Phi) is 6.41. The highest BCUT2D eigenvalue weighted by Gasteiger charge is 2.22. The van der Waals surface area contributed by atoms with Gasteiger partial charge in [-0.3, -0.25) is 4.79 Å². The van der Waals surface area contributed by atoms with Crippen molar-refractivity contribution in [2.75, 3.05) is 18.4 Å². The Balaban J connectivity index is 1.35. The summed E-state index contributed by atoms with van der Waals surface area (Å²) in [5.74, 6) is 1.39. The Labute approximate surface area is 196 Å². The third kappa shape index (κ3) is 4.58. The first-order valence-electron chi connectivity index (χ1n) is 10.5. The number of amides is 1. The lowest BCUT2D eigenvalue weighted by Crippen LogP contribution is -2.29. The molecule has 2 N–H and O–H groups in total. The highest BCUT2D eigenvalue weighted by atomic mass is 35.5. The minimum Gasteiger partial charge on any atom is -0.367 e. The van der Waals surface area contributed by atoms with Crippen molar-refractivity contribution in [2.24, 2.45) is 0 Å². The molecule has 0 unspecified atom stereocenters. The zero-order chi connectivity index (χ0) is 23.5. The molecular weight excluding hydrogens is 442 g/mol. The monoisotopic (exact) mass is 465 g/mol. The van der Waals surface area contributed by atoms with Crippen molar-refractivity contribution >= 4 is 23.3 Å². The van der Waals surface area contributed by atoms with Gasteiger partial charge >= 0.3 is 0 Å². The molecule has 1 amide bonds. The number of aryl methyl sites for hydroxylation is 2. The van der Waals surface area contributed by atoms with Gasteiger partial charge in [-0.05, 0) is 51.5 Å². The van der Waals surface area contributed by atoms with E-state index < -0.39 is 0 Å². The van der Waals surface area contributed by atoms with E-state index >= 15 is 0 Å². The number of nitrogens with zero attached hydrogens (tertiary/aromatic N) is 5. The van der Waals surface area contributed by atoms with E-state index in [4.69, 9.17) is 16.1 Å². The molecule has 9 nitrogen and oxygen atoms in total. The standard InChI is InChI=1S/C23H24ClN7O2/c1-13-14(2)29-31(15(13)3)20-10-9-19(27-28-20)25-11-12-26-23(32)21-16(4)33-30-22(21)17-7-5-6-8-18(17)24/h5-10H,11-12H2,1-4H3,(H,25,27)(H,26,32). The molecule has 0 saturated carbocycles. The molecule has 4 rings (SSSR count). The van der Waals surface area contributed by atoms with Crippen molar-refractivity contribution in [2.45, 2.75) is 27.7 Å². The fraction of sp³-hybridized carbons (Fsp3) is 0.261. The molecule has 3 aromatic heterocycles. The number of nitrogens with one attached hydrogen (secondary N) is 2. The number of carbonyl (C=O) groups is 1. The largest absolute Gasteiger partial charge is 0.367 e. The average molecular weight is 466 g/mol. The van der Waals surface area contributed by atoms with Crippen molar-refractivity contribution in [3.8, 4) is 17.1 Å². The predicted octanol–water partition coefficient (Wildman–Crippen LogP) is 4.05. The lowest BCUT2D eigenvalue weighted by molar-refractivity contribution is 0.0954. The number of benzene rings is 1. The summed E-state index contributed by atoms with van der Waals surface area (Å²) >= 11 is 6.27. The van der Waals surface area contributed by atoms with Gasteiger partial charge in [-0.25, -0.2) is 4.68 Å². The summed E-state index contributed by atoms with van der Waals surface area (Å²) in [6, 6.07) is 10.9. The number of hydrogen-bond donors (Lipinski definition) is 2. The average Bonchev–Trinajstić information content (AvgIpc) is 3.32. The molecule has 170 valence electrons. The van der Waals surface area contributed by atoms with Gasteiger partial charge in [0.1, 0.15) is 22.8 Å². The maximum Gasteiger partial charge on any atom is 0.257 e. The minimum atomic E-state index is -0.285. The highest BCUT2D eigenvalue weighted by molar-refractivity contribution is 6.33. The third-order valence-corrected chi connectivity index (χ3v) is 5.79. The first-order valence-corrected chi connectivity index (χ1v) is 10.8. The molecule has 33 heavy (non-hydrogen) atoms. The normalized spacial score (nSPS) is 10.9. The van der Waals surface area contributed by atoms with Gasteiger partial charge in [-0.2, -0.15) is 5.10 Å². The Bertz CT molecular complexity index is 1290. The second-order valence-electron chi connectivity index (χ2n) is 7.61. The Morgan fingerprint density at radius 1 is 1.06 bits per heavy atom. The fourth-order valence-corrected chi connectivity index (χ4v) is 3.63. The molecule has 0 saturated heterocycles. The second kappa shape index (κ2) is 9.41. The zero-order valence-electron chi connectivity index (χ0n) is 18.8. The van der Waals surface area contributed by atoms with Crippen LogP contribution in [0.4, 0.5) is 5.82 Å². The predicted molar refractivity (Wildman–Crippen MR) is 126 cm³/mol. The summed E-state index contributed by atoms with van der Waals surface area (Å²) in [4.78, 5) is 12.8. The van der Waals surface area contributed by atoms with Crippen LogP contribution in [-0.4, -0.2) is 44.1 Å². The summed E-state index contributed by atoms with van der Waals surface area (Å²) in [7, 11) is 0. The summed E-state index contributed by atoms with van der Waals surface area (Å²) in [5, 5.41) is 23.5. The van der Waals surface area contributed by atoms with E-state index in [2.05, 4.69) is 31.1 Å². The molecular formula is C23H24ClN7O2. The van der Waals surface area contributed by atoms with Crippen molar-refractivity contribution in [1.29, 1.82) is 0 Å². The van der Waals surface area contributed by atoms with Crippen molar-refractivity contribution < 1.29 is 9.32 Å². The van der Waals surface area contributed by atoms with Crippen LogP contribution >= 0.6 is 11.6 Å². The van der Waals surface area contributed by atoms with Crippen molar-refractivity contribution in [3.05, 3.63) is 69.7 Å². The van der Waals surface area contributed by atoms with E-state index in [1.54, 1.807) is 23.7 Å². The molecule has 1 aromatic carbocycles. The van der Waals surface area contributed by atoms with Gasteiger partial charge in [0.25, 0.3) is 5.91 Å².